The molecule has 170 valence electrons. The molecular formula is C26H26N2O5. The fourth-order valence-corrected chi connectivity index (χ4v) is 3.42. The number of nitrogens with two attached hydrogens (primary N) is 1. The minimum absolute atomic E-state index is 0.0690. The van der Waals surface area contributed by atoms with Crippen molar-refractivity contribution in [2.24, 2.45) is 5.73 Å². The maximum Gasteiger partial charge on any atom is 0.417 e. The number of carbonyl (C=O) groups is 3. The van der Waals surface area contributed by atoms with Gasteiger partial charge in [0.1, 0.15) is 12.6 Å². The number of hydrogen-bond acceptors (Lipinski definition) is 5. The summed E-state index contributed by atoms with van der Waals surface area (Å²) in [6.45, 7) is -0.102. The zero-order valence-electron chi connectivity index (χ0n) is 18.0. The molecule has 0 aliphatic rings. The number of amides is 2. The number of benzene rings is 3. The minimum atomic E-state index is -1.47. The molecule has 0 saturated heterocycles. The fraction of sp³-hybridized carbons (Fsp3) is 0.192. The predicted molar refractivity (Wildman–Crippen MR) is 123 cm³/mol. The van der Waals surface area contributed by atoms with Crippen LogP contribution in [-0.2, 0) is 33.8 Å². The molecule has 0 radical (unpaired) electrons. The highest BCUT2D eigenvalue weighted by molar-refractivity contribution is 5.99. The predicted octanol–water partition coefficient (Wildman–Crippen LogP) is 3.42. The van der Waals surface area contributed by atoms with Crippen molar-refractivity contribution in [2.45, 2.75) is 31.5 Å². The van der Waals surface area contributed by atoms with Gasteiger partial charge in [-0.3, -0.25) is 4.79 Å². The maximum atomic E-state index is 13.3. The van der Waals surface area contributed by atoms with Gasteiger partial charge < -0.3 is 15.6 Å². The average molecular weight is 447 g/mol. The number of carboxylic acid groups (broad SMARTS) is 1. The first kappa shape index (κ1) is 23.7. The largest absolute Gasteiger partial charge is 0.480 e. The van der Waals surface area contributed by atoms with Gasteiger partial charge in [-0.15, -0.1) is 0 Å². The molecule has 0 aliphatic heterocycles. The number of carbonyl (C=O) groups excluding carboxylic acids is 2. The van der Waals surface area contributed by atoms with Gasteiger partial charge in [0.25, 0.3) is 0 Å². The standard InChI is InChI=1S/C26H26N2O5/c27-22(16-19-10-4-1-5-11-19)24(29)28(26(32)33-18-21-14-8-3-9-15-21)23(25(30)31)17-20-12-6-2-7-13-20/h1-15,22-23H,16-18,27H2,(H,30,31). The lowest BCUT2D eigenvalue weighted by molar-refractivity contribution is -0.149. The SMILES string of the molecule is NC(Cc1ccccc1)C(=O)N(C(=O)OCc1ccccc1)C(Cc1ccccc1)C(=O)O. The van der Waals surface area contributed by atoms with Crippen LogP contribution in [0.5, 0.6) is 0 Å². The molecule has 0 spiro atoms. The number of nitrogens with zero attached hydrogens (tertiary/aromatic N) is 1. The highest BCUT2D eigenvalue weighted by Gasteiger charge is 2.38. The van der Waals surface area contributed by atoms with Gasteiger partial charge >= 0.3 is 12.1 Å². The lowest BCUT2D eigenvalue weighted by Gasteiger charge is -2.29. The van der Waals surface area contributed by atoms with E-state index < -0.39 is 30.1 Å². The lowest BCUT2D eigenvalue weighted by Crippen LogP contribution is -2.55. The molecule has 3 aromatic carbocycles. The van der Waals surface area contributed by atoms with Crippen LogP contribution in [0, 0.1) is 0 Å². The summed E-state index contributed by atoms with van der Waals surface area (Å²) in [4.78, 5) is 39.1. The lowest BCUT2D eigenvalue weighted by atomic mass is 10.0. The van der Waals surface area contributed by atoms with Gasteiger partial charge in [-0.25, -0.2) is 14.5 Å². The third-order valence-electron chi connectivity index (χ3n) is 5.12. The van der Waals surface area contributed by atoms with Gasteiger partial charge in [0.2, 0.25) is 5.91 Å². The van der Waals surface area contributed by atoms with Crippen LogP contribution in [0.1, 0.15) is 16.7 Å². The summed E-state index contributed by atoms with van der Waals surface area (Å²) >= 11 is 0. The summed E-state index contributed by atoms with van der Waals surface area (Å²) in [5.74, 6) is -2.13. The minimum Gasteiger partial charge on any atom is -0.480 e. The van der Waals surface area contributed by atoms with Crippen LogP contribution in [0.15, 0.2) is 91.0 Å². The van der Waals surface area contributed by atoms with Crippen molar-refractivity contribution < 1.29 is 24.2 Å². The summed E-state index contributed by atoms with van der Waals surface area (Å²) in [5.41, 5.74) is 8.30. The fourth-order valence-electron chi connectivity index (χ4n) is 3.42. The Labute approximate surface area is 192 Å². The summed E-state index contributed by atoms with van der Waals surface area (Å²) in [6, 6.07) is 24.2. The molecule has 2 atom stereocenters. The van der Waals surface area contributed by atoms with Gasteiger partial charge in [0.05, 0.1) is 6.04 Å². The van der Waals surface area contributed by atoms with E-state index in [0.29, 0.717) is 16.0 Å². The molecule has 2 unspecified atom stereocenters. The Morgan fingerprint density at radius 2 is 1.21 bits per heavy atom. The maximum absolute atomic E-state index is 13.3. The van der Waals surface area contributed by atoms with Crippen LogP contribution in [0.2, 0.25) is 0 Å². The van der Waals surface area contributed by atoms with Gasteiger partial charge in [0, 0.05) is 6.42 Å². The Morgan fingerprint density at radius 1 is 0.758 bits per heavy atom. The van der Waals surface area contributed by atoms with E-state index in [1.165, 1.54) is 0 Å². The molecule has 0 bridgehead atoms. The Balaban J connectivity index is 1.85. The second kappa shape index (κ2) is 11.6. The number of rotatable bonds is 9. The monoisotopic (exact) mass is 446 g/mol. The van der Waals surface area contributed by atoms with Crippen molar-refractivity contribution in [3.8, 4) is 0 Å². The quantitative estimate of drug-likeness (QED) is 0.521. The molecule has 7 heteroatoms. The molecule has 3 rings (SSSR count). The Hall–Kier alpha value is -3.97. The van der Waals surface area contributed by atoms with Crippen LogP contribution in [-0.4, -0.2) is 40.1 Å². The molecule has 0 aromatic heterocycles. The number of ether oxygens (including phenoxy) is 1. The molecule has 0 saturated carbocycles. The molecule has 0 heterocycles. The molecule has 0 aliphatic carbocycles. The molecule has 33 heavy (non-hydrogen) atoms. The van der Waals surface area contributed by atoms with Crippen molar-refractivity contribution in [2.75, 3.05) is 0 Å². The zero-order chi connectivity index (χ0) is 23.6. The van der Waals surface area contributed by atoms with Crippen molar-refractivity contribution in [3.63, 3.8) is 0 Å². The average Bonchev–Trinajstić information content (AvgIpc) is 2.84. The van der Waals surface area contributed by atoms with E-state index in [2.05, 4.69) is 0 Å². The highest BCUT2D eigenvalue weighted by Crippen LogP contribution is 2.15. The molecule has 7 nitrogen and oxygen atoms in total. The van der Waals surface area contributed by atoms with E-state index >= 15 is 0 Å². The number of aliphatic carboxylic acids is 1. The topological polar surface area (TPSA) is 110 Å². The van der Waals surface area contributed by atoms with Crippen molar-refractivity contribution in [3.05, 3.63) is 108 Å². The van der Waals surface area contributed by atoms with Crippen LogP contribution < -0.4 is 5.73 Å². The summed E-state index contributed by atoms with van der Waals surface area (Å²) < 4.78 is 5.33. The zero-order valence-corrected chi connectivity index (χ0v) is 18.0. The van der Waals surface area contributed by atoms with Gasteiger partial charge in [-0.05, 0) is 23.1 Å². The molecule has 3 aromatic rings. The van der Waals surface area contributed by atoms with Crippen LogP contribution in [0.3, 0.4) is 0 Å². The van der Waals surface area contributed by atoms with E-state index in [9.17, 15) is 19.5 Å². The highest BCUT2D eigenvalue weighted by atomic mass is 16.6. The van der Waals surface area contributed by atoms with Crippen LogP contribution >= 0.6 is 0 Å². The first-order valence-electron chi connectivity index (χ1n) is 10.6. The number of imide groups is 1. The normalized spacial score (nSPS) is 12.4. The van der Waals surface area contributed by atoms with Gasteiger partial charge in [-0.1, -0.05) is 91.0 Å². The first-order valence-corrected chi connectivity index (χ1v) is 10.6. The summed E-state index contributed by atoms with van der Waals surface area (Å²) in [6.07, 6.45) is -0.962. The Morgan fingerprint density at radius 3 is 1.70 bits per heavy atom. The Bertz CT molecular complexity index is 1060. The van der Waals surface area contributed by atoms with Crippen LogP contribution in [0.4, 0.5) is 4.79 Å². The number of hydrogen-bond donors (Lipinski definition) is 2. The van der Waals surface area contributed by atoms with Crippen molar-refractivity contribution in [1.82, 2.24) is 4.90 Å². The second-order valence-electron chi connectivity index (χ2n) is 7.59. The molecule has 3 N–H and O–H groups in total. The van der Waals surface area contributed by atoms with E-state index in [-0.39, 0.29) is 19.4 Å². The van der Waals surface area contributed by atoms with Gasteiger partial charge in [-0.2, -0.15) is 0 Å². The smallest absolute Gasteiger partial charge is 0.417 e. The third-order valence-corrected chi connectivity index (χ3v) is 5.12. The number of carboxylic acids is 1. The van der Waals surface area contributed by atoms with Crippen molar-refractivity contribution >= 4 is 18.0 Å². The summed E-state index contributed by atoms with van der Waals surface area (Å²) in [5, 5.41) is 9.92. The second-order valence-corrected chi connectivity index (χ2v) is 7.59. The molecule has 0 fully saturated rings. The molecule has 2 amide bonds. The third kappa shape index (κ3) is 6.75. The first-order chi connectivity index (χ1) is 16.0. The van der Waals surface area contributed by atoms with E-state index in [4.69, 9.17) is 10.5 Å². The molecular weight excluding hydrogens is 420 g/mol. The van der Waals surface area contributed by atoms with E-state index in [1.54, 1.807) is 54.6 Å². The van der Waals surface area contributed by atoms with E-state index in [1.807, 2.05) is 36.4 Å². The van der Waals surface area contributed by atoms with E-state index in [0.717, 1.165) is 5.56 Å². The summed E-state index contributed by atoms with van der Waals surface area (Å²) in [7, 11) is 0. The van der Waals surface area contributed by atoms with Crippen molar-refractivity contribution in [1.29, 1.82) is 0 Å². The van der Waals surface area contributed by atoms with Gasteiger partial charge in [0.15, 0.2) is 0 Å². The van der Waals surface area contributed by atoms with Crippen LogP contribution in [0.25, 0.3) is 0 Å². The Kier molecular flexibility index (Phi) is 8.32.